The molecule has 28 heavy (non-hydrogen) atoms. The van der Waals surface area contributed by atoms with E-state index in [4.69, 9.17) is 14.2 Å². The number of sulfonamides is 1. The first-order chi connectivity index (χ1) is 13.5. The van der Waals surface area contributed by atoms with Gasteiger partial charge in [-0.1, -0.05) is 17.7 Å². The first-order valence-electron chi connectivity index (χ1n) is 9.41. The molecule has 1 atom stereocenters. The van der Waals surface area contributed by atoms with E-state index in [9.17, 15) is 8.42 Å². The Morgan fingerprint density at radius 3 is 2.50 bits per heavy atom. The maximum absolute atomic E-state index is 12.8. The van der Waals surface area contributed by atoms with E-state index in [1.165, 1.54) is 4.90 Å². The molecule has 2 aromatic carbocycles. The van der Waals surface area contributed by atoms with Crippen LogP contribution in [0.1, 0.15) is 17.2 Å². The lowest BCUT2D eigenvalue weighted by molar-refractivity contribution is -0.937. The number of benzene rings is 2. The van der Waals surface area contributed by atoms with Crippen LogP contribution in [0.3, 0.4) is 0 Å². The third-order valence-electron chi connectivity index (χ3n) is 5.24. The first-order valence-corrected chi connectivity index (χ1v) is 10.9. The van der Waals surface area contributed by atoms with Gasteiger partial charge in [-0.15, -0.1) is 0 Å². The van der Waals surface area contributed by atoms with E-state index >= 15 is 0 Å². The molecule has 1 fully saturated rings. The Hall–Kier alpha value is -2.13. The normalized spacial score (nSPS) is 18.2. The molecule has 4 rings (SSSR count). The minimum absolute atomic E-state index is 0.0429. The van der Waals surface area contributed by atoms with Crippen molar-refractivity contribution in [1.29, 1.82) is 0 Å². The quantitative estimate of drug-likeness (QED) is 0.738. The highest BCUT2D eigenvalue weighted by Crippen LogP contribution is 2.33. The number of ether oxygens (including phenoxy) is 3. The smallest absolute Gasteiger partial charge is 0.240 e. The summed E-state index contributed by atoms with van der Waals surface area (Å²) in [4.78, 5) is 1.57. The predicted molar refractivity (Wildman–Crippen MR) is 103 cm³/mol. The molecule has 0 aromatic heterocycles. The van der Waals surface area contributed by atoms with Crippen LogP contribution < -0.4 is 19.1 Å². The van der Waals surface area contributed by atoms with Gasteiger partial charge in [0.05, 0.1) is 24.7 Å². The van der Waals surface area contributed by atoms with E-state index in [1.54, 1.807) is 24.3 Å². The monoisotopic (exact) mass is 405 g/mol. The van der Waals surface area contributed by atoms with Crippen molar-refractivity contribution in [2.45, 2.75) is 17.9 Å². The van der Waals surface area contributed by atoms with Crippen molar-refractivity contribution in [2.24, 2.45) is 0 Å². The molecule has 2 aliphatic rings. The lowest BCUT2D eigenvalue weighted by Gasteiger charge is -2.32. The van der Waals surface area contributed by atoms with Crippen LogP contribution in [0.5, 0.6) is 11.5 Å². The summed E-state index contributed by atoms with van der Waals surface area (Å²) in [6.45, 7) is 5.43. The summed E-state index contributed by atoms with van der Waals surface area (Å²) < 4.78 is 44.7. The maximum atomic E-state index is 12.8. The van der Waals surface area contributed by atoms with Gasteiger partial charge in [0, 0.05) is 5.56 Å². The van der Waals surface area contributed by atoms with Gasteiger partial charge in [0.2, 0.25) is 16.8 Å². The summed E-state index contributed by atoms with van der Waals surface area (Å²) in [5.41, 5.74) is 2.04. The molecule has 2 heterocycles. The Bertz CT molecular complexity index is 924. The van der Waals surface area contributed by atoms with Crippen molar-refractivity contribution in [2.75, 3.05) is 39.6 Å². The molecule has 0 aliphatic carbocycles. The van der Waals surface area contributed by atoms with Crippen LogP contribution in [0.15, 0.2) is 47.4 Å². The van der Waals surface area contributed by atoms with E-state index in [1.807, 2.05) is 25.1 Å². The van der Waals surface area contributed by atoms with E-state index in [0.717, 1.165) is 30.0 Å². The van der Waals surface area contributed by atoms with Crippen molar-refractivity contribution in [3.05, 3.63) is 53.6 Å². The van der Waals surface area contributed by atoms with Crippen molar-refractivity contribution in [3.8, 4) is 11.5 Å². The van der Waals surface area contributed by atoms with Gasteiger partial charge in [-0.05, 0) is 37.3 Å². The van der Waals surface area contributed by atoms with Crippen LogP contribution in [0, 0.1) is 6.92 Å². The zero-order valence-corrected chi connectivity index (χ0v) is 16.6. The number of morpholine rings is 1. The van der Waals surface area contributed by atoms with Crippen LogP contribution in [-0.4, -0.2) is 48.1 Å². The van der Waals surface area contributed by atoms with E-state index in [0.29, 0.717) is 25.5 Å². The molecule has 1 saturated heterocycles. The Kier molecular flexibility index (Phi) is 5.54. The Balaban J connectivity index is 1.56. The third-order valence-corrected chi connectivity index (χ3v) is 6.68. The summed E-state index contributed by atoms with van der Waals surface area (Å²) in [5.74, 6) is 1.43. The molecule has 8 heteroatoms. The standard InChI is InChI=1S/C20H24N2O5S/c1-15-2-5-17(6-3-15)28(23,24)21-13-18(22-8-10-25-11-9-22)16-4-7-19-20(12-16)27-14-26-19/h2-7,12,18,21H,8-11,13-14H2,1H3/p+1/t18-/m0/s1. The van der Waals surface area contributed by atoms with Crippen molar-refractivity contribution < 1.29 is 27.5 Å². The summed E-state index contributed by atoms with van der Waals surface area (Å²) in [7, 11) is -3.58. The zero-order chi connectivity index (χ0) is 19.6. The molecular formula is C20H25N2O5S+. The Labute approximate surface area is 165 Å². The minimum atomic E-state index is -3.58. The molecule has 0 radical (unpaired) electrons. The predicted octanol–water partition coefficient (Wildman–Crippen LogP) is 0.658. The number of rotatable bonds is 6. The van der Waals surface area contributed by atoms with Gasteiger partial charge in [0.15, 0.2) is 11.5 Å². The third kappa shape index (κ3) is 4.15. The van der Waals surface area contributed by atoms with Crippen LogP contribution in [0.25, 0.3) is 0 Å². The number of fused-ring (bicyclic) bond motifs is 1. The van der Waals surface area contributed by atoms with Gasteiger partial charge >= 0.3 is 0 Å². The fraction of sp³-hybridized carbons (Fsp3) is 0.400. The summed E-state index contributed by atoms with van der Waals surface area (Å²) >= 11 is 0. The van der Waals surface area contributed by atoms with E-state index in [-0.39, 0.29) is 17.7 Å². The van der Waals surface area contributed by atoms with Crippen molar-refractivity contribution >= 4 is 10.0 Å². The number of hydrogen-bond acceptors (Lipinski definition) is 5. The fourth-order valence-electron chi connectivity index (χ4n) is 3.60. The average Bonchev–Trinajstić information content (AvgIpc) is 3.17. The molecule has 2 N–H and O–H groups in total. The van der Waals surface area contributed by atoms with Crippen molar-refractivity contribution in [1.82, 2.24) is 4.72 Å². The van der Waals surface area contributed by atoms with Crippen LogP contribution in [0.2, 0.25) is 0 Å². The SMILES string of the molecule is Cc1ccc(S(=O)(=O)NC[C@@H](c2ccc3c(c2)OCO3)[NH+]2CCOCC2)cc1. The lowest BCUT2D eigenvalue weighted by Crippen LogP contribution is -3.15. The molecule has 2 aromatic rings. The molecule has 0 saturated carbocycles. The molecule has 0 bridgehead atoms. The number of hydrogen-bond donors (Lipinski definition) is 2. The lowest BCUT2D eigenvalue weighted by atomic mass is 10.0. The molecule has 150 valence electrons. The van der Waals surface area contributed by atoms with Gasteiger partial charge in [0.25, 0.3) is 0 Å². The summed E-state index contributed by atoms with van der Waals surface area (Å²) in [6.07, 6.45) is 0. The van der Waals surface area contributed by atoms with E-state index < -0.39 is 10.0 Å². The highest BCUT2D eigenvalue weighted by Gasteiger charge is 2.29. The molecule has 7 nitrogen and oxygen atoms in total. The van der Waals surface area contributed by atoms with Gasteiger partial charge < -0.3 is 19.1 Å². The largest absolute Gasteiger partial charge is 0.454 e. The molecular weight excluding hydrogens is 380 g/mol. The van der Waals surface area contributed by atoms with Crippen LogP contribution in [0.4, 0.5) is 0 Å². The Morgan fingerprint density at radius 2 is 1.75 bits per heavy atom. The highest BCUT2D eigenvalue weighted by atomic mass is 32.2. The molecule has 0 unspecified atom stereocenters. The number of aryl methyl sites for hydroxylation is 1. The first kappa shape index (κ1) is 19.2. The summed E-state index contributed by atoms with van der Waals surface area (Å²) in [5, 5.41) is 0. The maximum Gasteiger partial charge on any atom is 0.240 e. The fourth-order valence-corrected chi connectivity index (χ4v) is 4.65. The van der Waals surface area contributed by atoms with Gasteiger partial charge in [0.1, 0.15) is 19.1 Å². The molecule has 0 amide bonds. The molecule has 0 spiro atoms. The average molecular weight is 405 g/mol. The second-order valence-corrected chi connectivity index (χ2v) is 8.87. The second kappa shape index (κ2) is 8.08. The molecule has 2 aliphatic heterocycles. The number of quaternary nitrogens is 1. The highest BCUT2D eigenvalue weighted by molar-refractivity contribution is 7.89. The van der Waals surface area contributed by atoms with Crippen molar-refractivity contribution in [3.63, 3.8) is 0 Å². The zero-order valence-electron chi connectivity index (χ0n) is 15.8. The van der Waals surface area contributed by atoms with Gasteiger partial charge in [-0.3, -0.25) is 0 Å². The van der Waals surface area contributed by atoms with Crippen LogP contribution in [-0.2, 0) is 14.8 Å². The number of nitrogens with one attached hydrogen (secondary N) is 2. The Morgan fingerprint density at radius 1 is 1.04 bits per heavy atom. The van der Waals surface area contributed by atoms with Crippen LogP contribution >= 0.6 is 0 Å². The van der Waals surface area contributed by atoms with Gasteiger partial charge in [-0.25, -0.2) is 13.1 Å². The summed E-state index contributed by atoms with van der Waals surface area (Å²) in [6, 6.07) is 12.7. The topological polar surface area (TPSA) is 78.3 Å². The second-order valence-electron chi connectivity index (χ2n) is 7.10. The minimum Gasteiger partial charge on any atom is -0.454 e. The van der Waals surface area contributed by atoms with Gasteiger partial charge in [-0.2, -0.15) is 0 Å². The van der Waals surface area contributed by atoms with E-state index in [2.05, 4.69) is 4.72 Å².